The van der Waals surface area contributed by atoms with Crippen LogP contribution < -0.4 is 10.1 Å². The molecule has 19 heavy (non-hydrogen) atoms. The van der Waals surface area contributed by atoms with Gasteiger partial charge in [0.25, 0.3) is 0 Å². The summed E-state index contributed by atoms with van der Waals surface area (Å²) in [6, 6.07) is 6.51. The molecule has 1 atom stereocenters. The third-order valence-corrected chi connectivity index (χ3v) is 3.12. The average Bonchev–Trinajstić information content (AvgIpc) is 2.91. The third-order valence-electron chi connectivity index (χ3n) is 3.12. The van der Waals surface area contributed by atoms with Crippen molar-refractivity contribution in [2.75, 3.05) is 13.7 Å². The van der Waals surface area contributed by atoms with E-state index in [4.69, 9.17) is 4.74 Å². The summed E-state index contributed by atoms with van der Waals surface area (Å²) in [4.78, 5) is 0. The van der Waals surface area contributed by atoms with Crippen LogP contribution in [0, 0.1) is 6.92 Å². The van der Waals surface area contributed by atoms with Gasteiger partial charge in [0.05, 0.1) is 19.9 Å². The van der Waals surface area contributed by atoms with Gasteiger partial charge in [0, 0.05) is 24.3 Å². The lowest BCUT2D eigenvalue weighted by Gasteiger charge is -2.17. The predicted molar refractivity (Wildman–Crippen MR) is 74.2 cm³/mol. The van der Waals surface area contributed by atoms with E-state index in [0.717, 1.165) is 18.8 Å². The van der Waals surface area contributed by atoms with E-state index in [1.165, 1.54) is 11.1 Å². The molecular weight excluding hydrogens is 240 g/mol. The van der Waals surface area contributed by atoms with Crippen LogP contribution in [0.25, 0.3) is 0 Å². The van der Waals surface area contributed by atoms with Gasteiger partial charge in [0.15, 0.2) is 0 Å². The minimum Gasteiger partial charge on any atom is -0.496 e. The Morgan fingerprint density at radius 1 is 1.42 bits per heavy atom. The molecule has 0 bridgehead atoms. The Bertz CT molecular complexity index is 510. The zero-order valence-corrected chi connectivity index (χ0v) is 11.6. The second-order valence-corrected chi connectivity index (χ2v) is 4.59. The Labute approximate surface area is 113 Å². The smallest absolute Gasteiger partial charge is 0.123 e. The van der Waals surface area contributed by atoms with Crippen LogP contribution >= 0.6 is 0 Å². The van der Waals surface area contributed by atoms with Crippen LogP contribution in [0.2, 0.25) is 0 Å². The summed E-state index contributed by atoms with van der Waals surface area (Å²) in [6.45, 7) is 5.84. The molecule has 1 heterocycles. The zero-order valence-electron chi connectivity index (χ0n) is 11.6. The number of aromatic nitrogens is 3. The summed E-state index contributed by atoms with van der Waals surface area (Å²) >= 11 is 0. The molecule has 102 valence electrons. The fourth-order valence-corrected chi connectivity index (χ4v) is 2.03. The van der Waals surface area contributed by atoms with Crippen molar-refractivity contribution in [1.29, 1.82) is 0 Å². The number of rotatable bonds is 6. The van der Waals surface area contributed by atoms with Gasteiger partial charge in [-0.2, -0.15) is 0 Å². The van der Waals surface area contributed by atoms with Crippen molar-refractivity contribution >= 4 is 0 Å². The second kappa shape index (κ2) is 6.33. The lowest BCUT2D eigenvalue weighted by molar-refractivity contribution is 0.399. The number of methoxy groups -OCH3 is 1. The van der Waals surface area contributed by atoms with E-state index >= 15 is 0 Å². The maximum atomic E-state index is 5.43. The number of hydrogen-bond donors (Lipinski definition) is 1. The van der Waals surface area contributed by atoms with Crippen molar-refractivity contribution in [3.05, 3.63) is 41.7 Å². The first-order valence-corrected chi connectivity index (χ1v) is 6.42. The van der Waals surface area contributed by atoms with Crippen molar-refractivity contribution in [3.63, 3.8) is 0 Å². The normalized spacial score (nSPS) is 12.4. The SMILES string of the molecule is COc1cc(C)ccc1C(C)NCCn1ccnn1. The van der Waals surface area contributed by atoms with Crippen molar-refractivity contribution in [2.45, 2.75) is 26.4 Å². The summed E-state index contributed by atoms with van der Waals surface area (Å²) in [5.41, 5.74) is 2.38. The maximum Gasteiger partial charge on any atom is 0.123 e. The Hall–Kier alpha value is -1.88. The van der Waals surface area contributed by atoms with Crippen LogP contribution in [-0.2, 0) is 6.54 Å². The summed E-state index contributed by atoms with van der Waals surface area (Å²) < 4.78 is 7.24. The first kappa shape index (κ1) is 13.5. The monoisotopic (exact) mass is 260 g/mol. The Morgan fingerprint density at radius 3 is 2.95 bits per heavy atom. The number of hydrogen-bond acceptors (Lipinski definition) is 4. The van der Waals surface area contributed by atoms with Gasteiger partial charge in [0.2, 0.25) is 0 Å². The molecule has 2 aromatic rings. The molecule has 0 aliphatic heterocycles. The quantitative estimate of drug-likeness (QED) is 0.862. The van der Waals surface area contributed by atoms with E-state index in [1.54, 1.807) is 13.3 Å². The number of nitrogens with one attached hydrogen (secondary N) is 1. The molecule has 0 aliphatic carbocycles. The van der Waals surface area contributed by atoms with Gasteiger partial charge < -0.3 is 10.1 Å². The number of ether oxygens (including phenoxy) is 1. The topological polar surface area (TPSA) is 52.0 Å². The first-order valence-electron chi connectivity index (χ1n) is 6.42. The molecule has 0 spiro atoms. The van der Waals surface area contributed by atoms with E-state index in [-0.39, 0.29) is 6.04 Å². The van der Waals surface area contributed by atoms with Gasteiger partial charge in [-0.15, -0.1) is 5.10 Å². The molecule has 1 aromatic carbocycles. The minimum absolute atomic E-state index is 0.235. The molecule has 0 saturated carbocycles. The van der Waals surface area contributed by atoms with Crippen LogP contribution in [0.1, 0.15) is 24.1 Å². The Kier molecular flexibility index (Phi) is 4.52. The summed E-state index contributed by atoms with van der Waals surface area (Å²) in [6.07, 6.45) is 3.55. The Morgan fingerprint density at radius 2 is 2.26 bits per heavy atom. The third kappa shape index (κ3) is 3.54. The van der Waals surface area contributed by atoms with Gasteiger partial charge in [-0.05, 0) is 25.5 Å². The highest BCUT2D eigenvalue weighted by Crippen LogP contribution is 2.25. The van der Waals surface area contributed by atoms with E-state index < -0.39 is 0 Å². The van der Waals surface area contributed by atoms with E-state index in [0.29, 0.717) is 0 Å². The highest BCUT2D eigenvalue weighted by molar-refractivity contribution is 5.38. The molecule has 0 amide bonds. The molecule has 0 saturated heterocycles. The van der Waals surface area contributed by atoms with Gasteiger partial charge in [0.1, 0.15) is 5.75 Å². The van der Waals surface area contributed by atoms with E-state index in [2.05, 4.69) is 47.7 Å². The number of nitrogens with zero attached hydrogens (tertiary/aromatic N) is 3. The fraction of sp³-hybridized carbons (Fsp3) is 0.429. The van der Waals surface area contributed by atoms with Gasteiger partial charge >= 0.3 is 0 Å². The summed E-state index contributed by atoms with van der Waals surface area (Å²) in [5.74, 6) is 0.931. The van der Waals surface area contributed by atoms with Crippen molar-refractivity contribution in [3.8, 4) is 5.75 Å². The van der Waals surface area contributed by atoms with Crippen molar-refractivity contribution in [2.24, 2.45) is 0 Å². The van der Waals surface area contributed by atoms with Crippen LogP contribution in [-0.4, -0.2) is 28.6 Å². The molecule has 1 N–H and O–H groups in total. The molecular formula is C14H20N4O. The van der Waals surface area contributed by atoms with Crippen LogP contribution in [0.15, 0.2) is 30.6 Å². The lowest BCUT2D eigenvalue weighted by Crippen LogP contribution is -2.24. The Balaban J connectivity index is 1.94. The molecule has 0 radical (unpaired) electrons. The first-order chi connectivity index (χ1) is 9.20. The highest BCUT2D eigenvalue weighted by Gasteiger charge is 2.10. The molecule has 1 aromatic heterocycles. The highest BCUT2D eigenvalue weighted by atomic mass is 16.5. The molecule has 0 fully saturated rings. The standard InChI is InChI=1S/C14H20N4O/c1-11-4-5-13(14(10-11)19-3)12(2)15-6-8-18-9-7-16-17-18/h4-5,7,9-10,12,15H,6,8H2,1-3H3. The molecule has 5 nitrogen and oxygen atoms in total. The van der Waals surface area contributed by atoms with Gasteiger partial charge in [-0.25, -0.2) is 0 Å². The van der Waals surface area contributed by atoms with Crippen molar-refractivity contribution < 1.29 is 4.74 Å². The molecule has 2 rings (SSSR count). The fourth-order valence-electron chi connectivity index (χ4n) is 2.03. The molecule has 5 heteroatoms. The van der Waals surface area contributed by atoms with Crippen LogP contribution in [0.4, 0.5) is 0 Å². The van der Waals surface area contributed by atoms with Gasteiger partial charge in [-0.1, -0.05) is 17.3 Å². The number of benzene rings is 1. The largest absolute Gasteiger partial charge is 0.496 e. The summed E-state index contributed by atoms with van der Waals surface area (Å²) in [5, 5.41) is 11.2. The van der Waals surface area contributed by atoms with E-state index in [1.807, 2.05) is 10.9 Å². The minimum atomic E-state index is 0.235. The maximum absolute atomic E-state index is 5.43. The summed E-state index contributed by atoms with van der Waals surface area (Å²) in [7, 11) is 1.71. The predicted octanol–water partition coefficient (Wildman–Crippen LogP) is 1.95. The average molecular weight is 260 g/mol. The van der Waals surface area contributed by atoms with Gasteiger partial charge in [-0.3, -0.25) is 4.68 Å². The lowest BCUT2D eigenvalue weighted by atomic mass is 10.0. The zero-order chi connectivity index (χ0) is 13.7. The molecule has 1 unspecified atom stereocenters. The second-order valence-electron chi connectivity index (χ2n) is 4.59. The molecule has 0 aliphatic rings. The van der Waals surface area contributed by atoms with Crippen LogP contribution in [0.5, 0.6) is 5.75 Å². The van der Waals surface area contributed by atoms with E-state index in [9.17, 15) is 0 Å². The number of aryl methyl sites for hydroxylation is 1. The van der Waals surface area contributed by atoms with Crippen LogP contribution in [0.3, 0.4) is 0 Å². The van der Waals surface area contributed by atoms with Crippen molar-refractivity contribution in [1.82, 2.24) is 20.3 Å².